The molecule has 0 fully saturated rings. The van der Waals surface area contributed by atoms with Crippen molar-refractivity contribution < 1.29 is 9.15 Å². The van der Waals surface area contributed by atoms with Crippen molar-refractivity contribution in [3.63, 3.8) is 0 Å². The molecule has 0 aliphatic carbocycles. The molecule has 0 unspecified atom stereocenters. The van der Waals surface area contributed by atoms with Gasteiger partial charge >= 0.3 is 0 Å². The van der Waals surface area contributed by atoms with Crippen LogP contribution in [0.5, 0.6) is 0 Å². The Bertz CT molecular complexity index is 669. The molecular weight excluding hydrogens is 254 g/mol. The molecule has 20 heavy (non-hydrogen) atoms. The highest BCUT2D eigenvalue weighted by Gasteiger charge is 2.14. The van der Waals surface area contributed by atoms with Crippen LogP contribution in [0.1, 0.15) is 31.7 Å². The summed E-state index contributed by atoms with van der Waals surface area (Å²) in [6.07, 6.45) is 3.65. The van der Waals surface area contributed by atoms with Crippen molar-refractivity contribution in [2.45, 2.75) is 26.5 Å². The maximum absolute atomic E-state index is 5.74. The molecule has 0 N–H and O–H groups in total. The third kappa shape index (κ3) is 2.44. The summed E-state index contributed by atoms with van der Waals surface area (Å²) in [6, 6.07) is 7.76. The molecular formula is C15H17N3O2. The van der Waals surface area contributed by atoms with Gasteiger partial charge in [-0.05, 0) is 26.0 Å². The first-order valence-corrected chi connectivity index (χ1v) is 6.75. The summed E-state index contributed by atoms with van der Waals surface area (Å²) in [4.78, 5) is 8.83. The zero-order valence-electron chi connectivity index (χ0n) is 11.6. The molecule has 0 bridgehead atoms. The Labute approximate surface area is 117 Å². The molecule has 0 spiro atoms. The number of nitrogens with zero attached hydrogens (tertiary/aromatic N) is 3. The minimum Gasteiger partial charge on any atom is -0.439 e. The number of aromatic nitrogens is 3. The van der Waals surface area contributed by atoms with Crippen LogP contribution in [-0.4, -0.2) is 21.1 Å². The quantitative estimate of drug-likeness (QED) is 0.715. The molecule has 1 atom stereocenters. The number of benzene rings is 1. The summed E-state index contributed by atoms with van der Waals surface area (Å²) in [5, 5.41) is 0. The lowest BCUT2D eigenvalue weighted by Gasteiger charge is -2.12. The van der Waals surface area contributed by atoms with E-state index < -0.39 is 0 Å². The van der Waals surface area contributed by atoms with Gasteiger partial charge in [0, 0.05) is 19.0 Å². The highest BCUT2D eigenvalue weighted by atomic mass is 16.5. The maximum atomic E-state index is 5.74. The lowest BCUT2D eigenvalue weighted by Crippen LogP contribution is -2.10. The first-order chi connectivity index (χ1) is 9.78. The zero-order valence-corrected chi connectivity index (χ0v) is 11.6. The zero-order chi connectivity index (χ0) is 13.9. The van der Waals surface area contributed by atoms with Crippen molar-refractivity contribution in [2.75, 3.05) is 6.61 Å². The van der Waals surface area contributed by atoms with Crippen LogP contribution in [0.4, 0.5) is 0 Å². The second kappa shape index (κ2) is 5.46. The van der Waals surface area contributed by atoms with Crippen LogP contribution in [0.2, 0.25) is 0 Å². The van der Waals surface area contributed by atoms with E-state index in [-0.39, 0.29) is 6.10 Å². The summed E-state index contributed by atoms with van der Waals surface area (Å²) < 4.78 is 13.3. The van der Waals surface area contributed by atoms with E-state index >= 15 is 0 Å². The van der Waals surface area contributed by atoms with Crippen molar-refractivity contribution in [3.8, 4) is 0 Å². The van der Waals surface area contributed by atoms with E-state index in [4.69, 9.17) is 9.15 Å². The van der Waals surface area contributed by atoms with Gasteiger partial charge in [0.15, 0.2) is 5.58 Å². The Kier molecular flexibility index (Phi) is 3.52. The molecule has 5 heteroatoms. The number of hydrogen-bond acceptors (Lipinski definition) is 4. The summed E-state index contributed by atoms with van der Waals surface area (Å²) in [5.74, 6) is 1.56. The predicted octanol–water partition coefficient (Wildman–Crippen LogP) is 3.17. The van der Waals surface area contributed by atoms with Crippen molar-refractivity contribution >= 4 is 11.1 Å². The van der Waals surface area contributed by atoms with E-state index in [1.54, 1.807) is 6.20 Å². The minimum absolute atomic E-state index is 0.0422. The topological polar surface area (TPSA) is 53.1 Å². The van der Waals surface area contributed by atoms with E-state index in [1.165, 1.54) is 0 Å². The molecule has 1 aromatic carbocycles. The number of oxazole rings is 1. The number of rotatable bonds is 5. The fraction of sp³-hybridized carbons (Fsp3) is 0.333. The van der Waals surface area contributed by atoms with Crippen LogP contribution in [0.15, 0.2) is 41.1 Å². The van der Waals surface area contributed by atoms with Crippen LogP contribution in [0.3, 0.4) is 0 Å². The average molecular weight is 271 g/mol. The lowest BCUT2D eigenvalue weighted by molar-refractivity contribution is 0.0676. The van der Waals surface area contributed by atoms with Crippen LogP contribution >= 0.6 is 0 Å². The van der Waals surface area contributed by atoms with E-state index in [0.717, 1.165) is 16.9 Å². The maximum Gasteiger partial charge on any atom is 0.215 e. The number of para-hydroxylation sites is 2. The Morgan fingerprint density at radius 3 is 3.00 bits per heavy atom. The molecule has 0 radical (unpaired) electrons. The Morgan fingerprint density at radius 1 is 1.35 bits per heavy atom. The summed E-state index contributed by atoms with van der Waals surface area (Å²) in [5.41, 5.74) is 1.68. The monoisotopic (exact) mass is 271 g/mol. The second-order valence-corrected chi connectivity index (χ2v) is 4.59. The van der Waals surface area contributed by atoms with Crippen molar-refractivity contribution in [1.29, 1.82) is 0 Å². The molecule has 0 saturated carbocycles. The Balaban J connectivity index is 1.86. The highest BCUT2D eigenvalue weighted by molar-refractivity contribution is 5.72. The fourth-order valence-corrected chi connectivity index (χ4v) is 2.27. The summed E-state index contributed by atoms with van der Waals surface area (Å²) in [7, 11) is 0. The first-order valence-electron chi connectivity index (χ1n) is 6.75. The molecule has 0 amide bonds. The molecule has 3 rings (SSSR count). The average Bonchev–Trinajstić information content (AvgIpc) is 3.05. The van der Waals surface area contributed by atoms with Gasteiger partial charge in [-0.15, -0.1) is 0 Å². The molecule has 3 aromatic rings. The predicted molar refractivity (Wildman–Crippen MR) is 75.4 cm³/mol. The van der Waals surface area contributed by atoms with Crippen LogP contribution in [0.25, 0.3) is 11.1 Å². The smallest absolute Gasteiger partial charge is 0.215 e. The molecule has 104 valence electrons. The van der Waals surface area contributed by atoms with Crippen molar-refractivity contribution in [1.82, 2.24) is 14.5 Å². The van der Waals surface area contributed by atoms with Crippen molar-refractivity contribution in [2.24, 2.45) is 0 Å². The molecule has 2 heterocycles. The first kappa shape index (κ1) is 12.9. The van der Waals surface area contributed by atoms with E-state index in [0.29, 0.717) is 19.0 Å². The van der Waals surface area contributed by atoms with Gasteiger partial charge in [0.2, 0.25) is 5.89 Å². The third-order valence-electron chi connectivity index (χ3n) is 3.17. The number of hydrogen-bond donors (Lipinski definition) is 0. The van der Waals surface area contributed by atoms with Crippen LogP contribution in [0, 0.1) is 0 Å². The molecule has 0 saturated heterocycles. The van der Waals surface area contributed by atoms with Crippen LogP contribution in [-0.2, 0) is 11.3 Å². The molecule has 0 aliphatic heterocycles. The molecule has 2 aromatic heterocycles. The highest BCUT2D eigenvalue weighted by Crippen LogP contribution is 2.18. The SMILES string of the molecule is CCO[C@H](C)c1nccn1Cc1nc2ccccc2o1. The van der Waals surface area contributed by atoms with E-state index in [1.807, 2.05) is 48.9 Å². The van der Waals surface area contributed by atoms with Gasteiger partial charge in [0.05, 0.1) is 0 Å². The van der Waals surface area contributed by atoms with Gasteiger partial charge in [0.1, 0.15) is 24.0 Å². The van der Waals surface area contributed by atoms with Gasteiger partial charge in [-0.3, -0.25) is 0 Å². The molecule has 5 nitrogen and oxygen atoms in total. The van der Waals surface area contributed by atoms with Gasteiger partial charge in [-0.1, -0.05) is 12.1 Å². The van der Waals surface area contributed by atoms with Gasteiger partial charge in [-0.2, -0.15) is 0 Å². The number of fused-ring (bicyclic) bond motifs is 1. The van der Waals surface area contributed by atoms with Gasteiger partial charge in [-0.25, -0.2) is 9.97 Å². The fourth-order valence-electron chi connectivity index (χ4n) is 2.27. The third-order valence-corrected chi connectivity index (χ3v) is 3.17. The Morgan fingerprint density at radius 2 is 2.20 bits per heavy atom. The standard InChI is InChI=1S/C15H17N3O2/c1-3-19-11(2)15-16-8-9-18(15)10-14-17-12-6-4-5-7-13(12)20-14/h4-9,11H,3,10H2,1-2H3/t11-/m1/s1. The summed E-state index contributed by atoms with van der Waals surface area (Å²) in [6.45, 7) is 5.19. The van der Waals surface area contributed by atoms with Crippen LogP contribution < -0.4 is 0 Å². The number of ether oxygens (including phenoxy) is 1. The largest absolute Gasteiger partial charge is 0.439 e. The Hall–Kier alpha value is -2.14. The minimum atomic E-state index is -0.0422. The van der Waals surface area contributed by atoms with E-state index in [2.05, 4.69) is 9.97 Å². The summed E-state index contributed by atoms with van der Waals surface area (Å²) >= 11 is 0. The second-order valence-electron chi connectivity index (χ2n) is 4.59. The normalized spacial score (nSPS) is 12.9. The molecule has 0 aliphatic rings. The van der Waals surface area contributed by atoms with Gasteiger partial charge in [0.25, 0.3) is 0 Å². The van der Waals surface area contributed by atoms with E-state index in [9.17, 15) is 0 Å². The van der Waals surface area contributed by atoms with Crippen molar-refractivity contribution in [3.05, 3.63) is 48.4 Å². The number of imidazole rings is 1. The lowest BCUT2D eigenvalue weighted by atomic mass is 10.3. The van der Waals surface area contributed by atoms with Gasteiger partial charge < -0.3 is 13.7 Å².